The van der Waals surface area contributed by atoms with Crippen LogP contribution in [0.4, 0.5) is 5.88 Å². The Balaban J connectivity index is 0.000000515. The van der Waals surface area contributed by atoms with E-state index < -0.39 is 0 Å². The van der Waals surface area contributed by atoms with Gasteiger partial charge in [-0.25, -0.2) is 0 Å². The van der Waals surface area contributed by atoms with E-state index in [1.165, 1.54) is 26.2 Å². The van der Waals surface area contributed by atoms with Crippen molar-refractivity contribution in [1.29, 1.82) is 0 Å². The quantitative estimate of drug-likeness (QED) is 0.750. The fourth-order valence-electron chi connectivity index (χ4n) is 2.54. The number of aromatic nitrogens is 1. The van der Waals surface area contributed by atoms with Crippen LogP contribution >= 0.6 is 0 Å². The van der Waals surface area contributed by atoms with Gasteiger partial charge in [0.25, 0.3) is 0 Å². The van der Waals surface area contributed by atoms with Gasteiger partial charge < -0.3 is 15.0 Å². The van der Waals surface area contributed by atoms with Gasteiger partial charge >= 0.3 is 5.97 Å². The second-order valence-corrected chi connectivity index (χ2v) is 6.99. The first-order chi connectivity index (χ1) is 10.6. The first-order valence-electron chi connectivity index (χ1n) is 8.52. The largest absolute Gasteiger partial charge is 0.460 e. The molecule has 0 spiro atoms. The summed E-state index contributed by atoms with van der Waals surface area (Å²) in [6, 6.07) is 1.86. The van der Waals surface area contributed by atoms with Crippen LogP contribution in [0, 0.1) is 5.92 Å². The van der Waals surface area contributed by atoms with Gasteiger partial charge in [0.15, 0.2) is 0 Å². The molecule has 0 bridgehead atoms. The summed E-state index contributed by atoms with van der Waals surface area (Å²) in [5.41, 5.74) is 6.23. The number of hydrogen-bond donors (Lipinski definition) is 1. The summed E-state index contributed by atoms with van der Waals surface area (Å²) in [7, 11) is 0. The minimum Gasteiger partial charge on any atom is -0.460 e. The molecule has 1 aromatic heterocycles. The summed E-state index contributed by atoms with van der Waals surface area (Å²) in [5, 5.41) is 4.02. The number of carbonyl (C=O) groups is 1. The molecule has 0 amide bonds. The molecule has 0 aromatic carbocycles. The normalized spacial score (nSPS) is 13.7. The lowest BCUT2D eigenvalue weighted by atomic mass is 9.85. The Morgan fingerprint density at radius 3 is 2.30 bits per heavy atom. The molecule has 2 atom stereocenters. The SMILES string of the molecule is CC(=O)OC(C)(C)C.CCCCC(C)[C@@H](CC)c1cc(N)on1. The molecule has 5 heteroatoms. The molecule has 0 aliphatic rings. The van der Waals surface area contributed by atoms with Crippen molar-refractivity contribution in [2.75, 3.05) is 5.73 Å². The Labute approximate surface area is 140 Å². The van der Waals surface area contributed by atoms with Crippen molar-refractivity contribution in [2.45, 2.75) is 85.7 Å². The number of esters is 1. The minimum atomic E-state index is -0.328. The zero-order chi connectivity index (χ0) is 18.0. The molecule has 0 saturated carbocycles. The van der Waals surface area contributed by atoms with E-state index in [0.717, 1.165) is 12.1 Å². The number of hydrogen-bond acceptors (Lipinski definition) is 5. The Morgan fingerprint density at radius 2 is 2.00 bits per heavy atom. The molecule has 134 valence electrons. The average molecular weight is 326 g/mol. The molecule has 0 aliphatic heterocycles. The molecule has 1 rings (SSSR count). The van der Waals surface area contributed by atoms with E-state index in [4.69, 9.17) is 15.0 Å². The van der Waals surface area contributed by atoms with E-state index >= 15 is 0 Å². The molecular formula is C18H34N2O3. The van der Waals surface area contributed by atoms with Crippen molar-refractivity contribution in [3.63, 3.8) is 0 Å². The number of unbranched alkanes of at least 4 members (excludes halogenated alkanes) is 1. The number of nitrogen functional groups attached to an aromatic ring is 1. The van der Waals surface area contributed by atoms with Crippen LogP contribution in [0.25, 0.3) is 0 Å². The van der Waals surface area contributed by atoms with Crippen molar-refractivity contribution >= 4 is 11.9 Å². The van der Waals surface area contributed by atoms with Crippen LogP contribution in [0.15, 0.2) is 10.6 Å². The third kappa shape index (κ3) is 9.97. The summed E-state index contributed by atoms with van der Waals surface area (Å²) >= 11 is 0. The van der Waals surface area contributed by atoms with Gasteiger partial charge in [-0.2, -0.15) is 0 Å². The number of rotatable bonds is 6. The highest BCUT2D eigenvalue weighted by Crippen LogP contribution is 2.31. The van der Waals surface area contributed by atoms with Gasteiger partial charge in [0.1, 0.15) is 5.60 Å². The van der Waals surface area contributed by atoms with E-state index in [0.29, 0.717) is 17.7 Å². The second-order valence-electron chi connectivity index (χ2n) is 6.99. The third-order valence-electron chi connectivity index (χ3n) is 3.52. The summed E-state index contributed by atoms with van der Waals surface area (Å²) < 4.78 is 9.73. The highest BCUT2D eigenvalue weighted by Gasteiger charge is 2.20. The number of carbonyl (C=O) groups excluding carboxylic acids is 1. The van der Waals surface area contributed by atoms with Crippen LogP contribution in [-0.4, -0.2) is 16.7 Å². The molecule has 0 fully saturated rings. The van der Waals surface area contributed by atoms with E-state index in [1.807, 2.05) is 26.8 Å². The molecule has 23 heavy (non-hydrogen) atoms. The van der Waals surface area contributed by atoms with Crippen molar-refractivity contribution in [3.05, 3.63) is 11.8 Å². The molecule has 0 aliphatic carbocycles. The summed E-state index contributed by atoms with van der Waals surface area (Å²) in [5.74, 6) is 1.33. The molecule has 0 radical (unpaired) electrons. The fraction of sp³-hybridized carbons (Fsp3) is 0.778. The van der Waals surface area contributed by atoms with Gasteiger partial charge in [-0.05, 0) is 33.1 Å². The number of ether oxygens (including phenoxy) is 1. The zero-order valence-electron chi connectivity index (χ0n) is 15.8. The fourth-order valence-corrected chi connectivity index (χ4v) is 2.54. The van der Waals surface area contributed by atoms with Gasteiger partial charge in [-0.1, -0.05) is 45.2 Å². The Bertz CT molecular complexity index is 449. The van der Waals surface area contributed by atoms with Crippen molar-refractivity contribution in [3.8, 4) is 0 Å². The van der Waals surface area contributed by atoms with Gasteiger partial charge in [-0.3, -0.25) is 4.79 Å². The second kappa shape index (κ2) is 10.3. The first-order valence-corrected chi connectivity index (χ1v) is 8.52. The highest BCUT2D eigenvalue weighted by atomic mass is 16.6. The lowest BCUT2D eigenvalue weighted by Gasteiger charge is -2.19. The topological polar surface area (TPSA) is 78.4 Å². The van der Waals surface area contributed by atoms with E-state index in [-0.39, 0.29) is 11.6 Å². The maximum atomic E-state index is 10.2. The predicted octanol–water partition coefficient (Wildman–Crippen LogP) is 4.92. The van der Waals surface area contributed by atoms with Crippen LogP contribution in [-0.2, 0) is 9.53 Å². The number of nitrogens with zero attached hydrogens (tertiary/aromatic N) is 1. The van der Waals surface area contributed by atoms with Crippen LogP contribution in [0.1, 0.15) is 85.8 Å². The lowest BCUT2D eigenvalue weighted by molar-refractivity contribution is -0.151. The van der Waals surface area contributed by atoms with Gasteiger partial charge in [0.2, 0.25) is 5.88 Å². The monoisotopic (exact) mass is 326 g/mol. The summed E-state index contributed by atoms with van der Waals surface area (Å²) in [6.07, 6.45) is 4.88. The summed E-state index contributed by atoms with van der Waals surface area (Å²) in [6.45, 7) is 13.6. The summed E-state index contributed by atoms with van der Waals surface area (Å²) in [4.78, 5) is 10.2. The Morgan fingerprint density at radius 1 is 1.39 bits per heavy atom. The molecule has 1 aromatic rings. The highest BCUT2D eigenvalue weighted by molar-refractivity contribution is 5.66. The van der Waals surface area contributed by atoms with E-state index in [9.17, 15) is 4.79 Å². The molecule has 2 N–H and O–H groups in total. The standard InChI is InChI=1S/C12H22N2O.C6H12O2/c1-4-6-7-9(3)10(5-2)11-8-12(13)15-14-11;1-5(7)8-6(2,3)4/h8-10H,4-7,13H2,1-3H3;1-4H3/t9?,10-;/m1./s1. The lowest BCUT2D eigenvalue weighted by Crippen LogP contribution is -2.21. The van der Waals surface area contributed by atoms with Crippen LogP contribution in [0.3, 0.4) is 0 Å². The molecule has 1 unspecified atom stereocenters. The Hall–Kier alpha value is -1.52. The minimum absolute atomic E-state index is 0.225. The predicted molar refractivity (Wildman–Crippen MR) is 94.2 cm³/mol. The Kier molecular flexibility index (Phi) is 9.61. The van der Waals surface area contributed by atoms with E-state index in [1.54, 1.807) is 0 Å². The maximum absolute atomic E-state index is 10.2. The van der Waals surface area contributed by atoms with Crippen molar-refractivity contribution < 1.29 is 14.1 Å². The smallest absolute Gasteiger partial charge is 0.303 e. The number of nitrogens with two attached hydrogens (primary N) is 1. The molecule has 0 saturated heterocycles. The third-order valence-corrected chi connectivity index (χ3v) is 3.52. The van der Waals surface area contributed by atoms with Gasteiger partial charge in [0.05, 0.1) is 5.69 Å². The number of anilines is 1. The van der Waals surface area contributed by atoms with Crippen molar-refractivity contribution in [1.82, 2.24) is 5.16 Å². The van der Waals surface area contributed by atoms with Crippen LogP contribution in [0.2, 0.25) is 0 Å². The van der Waals surface area contributed by atoms with E-state index in [2.05, 4.69) is 25.9 Å². The van der Waals surface area contributed by atoms with Gasteiger partial charge in [-0.15, -0.1) is 0 Å². The average Bonchev–Trinajstić information content (AvgIpc) is 2.81. The molecule has 5 nitrogen and oxygen atoms in total. The van der Waals surface area contributed by atoms with Crippen molar-refractivity contribution in [2.24, 2.45) is 5.92 Å². The zero-order valence-corrected chi connectivity index (χ0v) is 15.8. The maximum Gasteiger partial charge on any atom is 0.303 e. The van der Waals surface area contributed by atoms with Gasteiger partial charge in [0, 0.05) is 18.9 Å². The molecular weight excluding hydrogens is 292 g/mol. The van der Waals surface area contributed by atoms with Crippen LogP contribution < -0.4 is 5.73 Å². The first kappa shape index (κ1) is 21.5. The molecule has 1 heterocycles. The van der Waals surface area contributed by atoms with Crippen LogP contribution in [0.5, 0.6) is 0 Å².